The van der Waals surface area contributed by atoms with Gasteiger partial charge < -0.3 is 0 Å². The third-order valence-corrected chi connectivity index (χ3v) is 1.75. The molecule has 1 aromatic heterocycles. The molecule has 0 saturated carbocycles. The molecule has 0 spiro atoms. The summed E-state index contributed by atoms with van der Waals surface area (Å²) in [6, 6.07) is 3.52. The van der Waals surface area contributed by atoms with Crippen LogP contribution in [0.4, 0.5) is 4.39 Å². The Balaban J connectivity index is 3.02. The molecule has 12 heavy (non-hydrogen) atoms. The minimum atomic E-state index is -0.411. The summed E-state index contributed by atoms with van der Waals surface area (Å²) in [5.41, 5.74) is 1.65. The molecule has 0 aliphatic rings. The van der Waals surface area contributed by atoms with Crippen molar-refractivity contribution in [3.8, 4) is 0 Å². The first kappa shape index (κ1) is 9.17. The van der Waals surface area contributed by atoms with Gasteiger partial charge in [0.15, 0.2) is 0 Å². The highest BCUT2D eigenvalue weighted by Gasteiger charge is 2.14. The van der Waals surface area contributed by atoms with Crippen LogP contribution in [0.15, 0.2) is 18.3 Å². The number of hydrogen-bond donors (Lipinski definition) is 0. The van der Waals surface area contributed by atoms with Crippen molar-refractivity contribution >= 4 is 0 Å². The first-order valence-corrected chi connectivity index (χ1v) is 4.05. The molecular formula is C10H14FN. The van der Waals surface area contributed by atoms with E-state index in [-0.39, 0.29) is 5.41 Å². The van der Waals surface area contributed by atoms with Crippen molar-refractivity contribution in [3.63, 3.8) is 0 Å². The Hall–Kier alpha value is -0.920. The van der Waals surface area contributed by atoms with E-state index < -0.39 is 6.67 Å². The second kappa shape index (κ2) is 3.21. The van der Waals surface area contributed by atoms with Crippen LogP contribution in [0.5, 0.6) is 0 Å². The molecule has 0 unspecified atom stereocenters. The van der Waals surface area contributed by atoms with E-state index in [0.29, 0.717) is 5.56 Å². The SMILES string of the molecule is CC(C)(C)c1cc(CF)ccn1. The summed E-state index contributed by atoms with van der Waals surface area (Å²) < 4.78 is 12.3. The molecule has 0 aliphatic heterocycles. The Morgan fingerprint density at radius 1 is 1.42 bits per heavy atom. The average Bonchev–Trinajstić information content (AvgIpc) is 2.03. The fourth-order valence-electron chi connectivity index (χ4n) is 0.968. The van der Waals surface area contributed by atoms with Gasteiger partial charge in [-0.1, -0.05) is 20.8 Å². The monoisotopic (exact) mass is 167 g/mol. The van der Waals surface area contributed by atoms with Crippen LogP contribution < -0.4 is 0 Å². The van der Waals surface area contributed by atoms with Crippen molar-refractivity contribution in [2.75, 3.05) is 0 Å². The zero-order valence-electron chi connectivity index (χ0n) is 7.76. The lowest BCUT2D eigenvalue weighted by atomic mass is 9.91. The molecule has 1 rings (SSSR count). The lowest BCUT2D eigenvalue weighted by Crippen LogP contribution is -2.13. The summed E-state index contributed by atoms with van der Waals surface area (Å²) in [6.45, 7) is 5.79. The number of nitrogens with zero attached hydrogens (tertiary/aromatic N) is 1. The zero-order valence-corrected chi connectivity index (χ0v) is 7.76. The number of halogens is 1. The maximum absolute atomic E-state index is 12.3. The number of rotatable bonds is 1. The first-order chi connectivity index (χ1) is 5.54. The summed E-state index contributed by atoms with van der Waals surface area (Å²) in [5, 5.41) is 0. The van der Waals surface area contributed by atoms with Gasteiger partial charge in [0, 0.05) is 17.3 Å². The predicted octanol–water partition coefficient (Wildman–Crippen LogP) is 2.85. The van der Waals surface area contributed by atoms with Crippen LogP contribution >= 0.6 is 0 Å². The Bertz CT molecular complexity index is 263. The number of hydrogen-bond acceptors (Lipinski definition) is 1. The zero-order chi connectivity index (χ0) is 9.19. The maximum Gasteiger partial charge on any atom is 0.115 e. The Kier molecular flexibility index (Phi) is 2.46. The van der Waals surface area contributed by atoms with Gasteiger partial charge in [-0.15, -0.1) is 0 Å². The Morgan fingerprint density at radius 3 is 2.58 bits per heavy atom. The molecule has 0 saturated heterocycles. The van der Waals surface area contributed by atoms with Crippen molar-refractivity contribution < 1.29 is 4.39 Å². The molecule has 0 fully saturated rings. The van der Waals surface area contributed by atoms with Crippen molar-refractivity contribution in [1.82, 2.24) is 4.98 Å². The quantitative estimate of drug-likeness (QED) is 0.626. The molecule has 0 amide bonds. The van der Waals surface area contributed by atoms with Gasteiger partial charge in [0.05, 0.1) is 0 Å². The standard InChI is InChI=1S/C10H14FN/c1-10(2,3)9-6-8(7-11)4-5-12-9/h4-6H,7H2,1-3H3. The molecule has 0 aromatic carbocycles. The minimum absolute atomic E-state index is 0.00514. The fourth-order valence-corrected chi connectivity index (χ4v) is 0.968. The molecule has 0 bridgehead atoms. The van der Waals surface area contributed by atoms with Gasteiger partial charge in [0.2, 0.25) is 0 Å². The molecular weight excluding hydrogens is 153 g/mol. The van der Waals surface area contributed by atoms with Crippen LogP contribution in [0, 0.1) is 0 Å². The molecule has 1 aromatic rings. The lowest BCUT2D eigenvalue weighted by molar-refractivity contribution is 0.482. The van der Waals surface area contributed by atoms with Crippen molar-refractivity contribution in [2.45, 2.75) is 32.9 Å². The number of aromatic nitrogens is 1. The van der Waals surface area contributed by atoms with Crippen LogP contribution in [0.3, 0.4) is 0 Å². The molecule has 1 heterocycles. The molecule has 0 N–H and O–H groups in total. The molecule has 2 heteroatoms. The normalized spacial score (nSPS) is 11.7. The highest BCUT2D eigenvalue weighted by Crippen LogP contribution is 2.20. The van der Waals surface area contributed by atoms with Gasteiger partial charge in [-0.2, -0.15) is 0 Å². The van der Waals surface area contributed by atoms with Crippen LogP contribution in [-0.4, -0.2) is 4.98 Å². The number of pyridine rings is 1. The highest BCUT2D eigenvalue weighted by atomic mass is 19.1. The van der Waals surface area contributed by atoms with Crippen molar-refractivity contribution in [2.24, 2.45) is 0 Å². The second-order valence-corrected chi connectivity index (χ2v) is 3.93. The molecule has 1 nitrogen and oxygen atoms in total. The summed E-state index contributed by atoms with van der Waals surface area (Å²) in [7, 11) is 0. The van der Waals surface area contributed by atoms with Crippen LogP contribution in [0.25, 0.3) is 0 Å². The summed E-state index contributed by atoms with van der Waals surface area (Å²) >= 11 is 0. The van der Waals surface area contributed by atoms with Crippen molar-refractivity contribution in [1.29, 1.82) is 0 Å². The minimum Gasteiger partial charge on any atom is -0.261 e. The molecule has 0 atom stereocenters. The third kappa shape index (κ3) is 2.03. The van der Waals surface area contributed by atoms with E-state index in [0.717, 1.165) is 5.69 Å². The topological polar surface area (TPSA) is 12.9 Å². The number of alkyl halides is 1. The Labute approximate surface area is 72.6 Å². The second-order valence-electron chi connectivity index (χ2n) is 3.93. The highest BCUT2D eigenvalue weighted by molar-refractivity contribution is 5.20. The van der Waals surface area contributed by atoms with Gasteiger partial charge in [-0.05, 0) is 17.7 Å². The lowest BCUT2D eigenvalue weighted by Gasteiger charge is -2.17. The van der Waals surface area contributed by atoms with E-state index in [9.17, 15) is 4.39 Å². The average molecular weight is 167 g/mol. The summed E-state index contributed by atoms with van der Waals surface area (Å²) in [6.07, 6.45) is 1.66. The maximum atomic E-state index is 12.3. The predicted molar refractivity (Wildman–Crippen MR) is 47.7 cm³/mol. The largest absolute Gasteiger partial charge is 0.261 e. The summed E-state index contributed by atoms with van der Waals surface area (Å²) in [4.78, 5) is 4.19. The molecule has 66 valence electrons. The smallest absolute Gasteiger partial charge is 0.115 e. The molecule has 0 aliphatic carbocycles. The molecule has 0 radical (unpaired) electrons. The van der Waals surface area contributed by atoms with Gasteiger partial charge in [0.1, 0.15) is 6.67 Å². The van der Waals surface area contributed by atoms with Gasteiger partial charge in [-0.25, -0.2) is 4.39 Å². The van der Waals surface area contributed by atoms with E-state index in [1.165, 1.54) is 0 Å². The van der Waals surface area contributed by atoms with E-state index in [2.05, 4.69) is 25.8 Å². The van der Waals surface area contributed by atoms with E-state index in [4.69, 9.17) is 0 Å². The fraction of sp³-hybridized carbons (Fsp3) is 0.500. The van der Waals surface area contributed by atoms with E-state index >= 15 is 0 Å². The van der Waals surface area contributed by atoms with Gasteiger partial charge in [0.25, 0.3) is 0 Å². The van der Waals surface area contributed by atoms with Gasteiger partial charge in [-0.3, -0.25) is 4.98 Å². The Morgan fingerprint density at radius 2 is 2.08 bits per heavy atom. The van der Waals surface area contributed by atoms with Crippen molar-refractivity contribution in [3.05, 3.63) is 29.6 Å². The van der Waals surface area contributed by atoms with Crippen LogP contribution in [0.1, 0.15) is 32.0 Å². The van der Waals surface area contributed by atoms with Crippen LogP contribution in [0.2, 0.25) is 0 Å². The van der Waals surface area contributed by atoms with Gasteiger partial charge >= 0.3 is 0 Å². The summed E-state index contributed by atoms with van der Waals surface area (Å²) in [5.74, 6) is 0. The van der Waals surface area contributed by atoms with Crippen LogP contribution in [-0.2, 0) is 12.1 Å². The third-order valence-electron chi connectivity index (χ3n) is 1.75. The van der Waals surface area contributed by atoms with E-state index in [1.807, 2.05) is 6.07 Å². The van der Waals surface area contributed by atoms with E-state index in [1.54, 1.807) is 12.3 Å². The first-order valence-electron chi connectivity index (χ1n) is 4.05.